The molecule has 2 rings (SSSR count). The smallest absolute Gasteiger partial charge is 0.338 e. The van der Waals surface area contributed by atoms with Gasteiger partial charge in [0.2, 0.25) is 0 Å². The van der Waals surface area contributed by atoms with Gasteiger partial charge in [0.15, 0.2) is 0 Å². The number of benzene rings is 2. The Morgan fingerprint density at radius 3 is 2.65 bits per heavy atom. The van der Waals surface area contributed by atoms with E-state index in [4.69, 9.17) is 21.7 Å². The number of phenols is 1. The number of aromatic hydroxyl groups is 1. The van der Waals surface area contributed by atoms with Crippen molar-refractivity contribution in [1.82, 2.24) is 0 Å². The van der Waals surface area contributed by atoms with Crippen LogP contribution in [-0.2, 0) is 4.74 Å². The highest BCUT2D eigenvalue weighted by molar-refractivity contribution is 6.32. The highest BCUT2D eigenvalue weighted by Crippen LogP contribution is 2.25. The third-order valence-corrected chi connectivity index (χ3v) is 3.27. The number of carbonyl (C=O) groups excluding carboxylic acids is 1. The Morgan fingerprint density at radius 2 is 2.00 bits per heavy atom. The van der Waals surface area contributed by atoms with E-state index in [0.29, 0.717) is 0 Å². The van der Waals surface area contributed by atoms with Gasteiger partial charge in [-0.05, 0) is 24.3 Å². The third-order valence-electron chi connectivity index (χ3n) is 2.96. The van der Waals surface area contributed by atoms with Crippen LogP contribution in [0.4, 0.5) is 5.69 Å². The fourth-order valence-electron chi connectivity index (χ4n) is 1.81. The molecule has 7 nitrogen and oxygen atoms in total. The summed E-state index contributed by atoms with van der Waals surface area (Å²) in [6, 6.07) is 9.69. The van der Waals surface area contributed by atoms with Gasteiger partial charge < -0.3 is 15.3 Å². The molecule has 0 atom stereocenters. The molecule has 0 saturated heterocycles. The predicted molar refractivity (Wildman–Crippen MR) is 83.3 cm³/mol. The number of nitro groups is 1. The maximum absolute atomic E-state index is 11.9. The van der Waals surface area contributed by atoms with Gasteiger partial charge in [-0.25, -0.2) is 4.79 Å². The first-order chi connectivity index (χ1) is 10.9. The summed E-state index contributed by atoms with van der Waals surface area (Å²) in [4.78, 5) is 22.0. The first-order valence-electron chi connectivity index (χ1n) is 6.37. The molecule has 8 heteroatoms. The molecule has 2 aromatic carbocycles. The van der Waals surface area contributed by atoms with Gasteiger partial charge in [0.25, 0.3) is 5.69 Å². The Morgan fingerprint density at radius 1 is 1.30 bits per heavy atom. The van der Waals surface area contributed by atoms with Gasteiger partial charge >= 0.3 is 5.97 Å². The molecule has 0 radical (unpaired) electrons. The van der Waals surface area contributed by atoms with E-state index in [2.05, 4.69) is 0 Å². The molecule has 0 fully saturated rings. The number of nitrogens with one attached hydrogen (secondary N) is 1. The van der Waals surface area contributed by atoms with Crippen molar-refractivity contribution in [3.05, 3.63) is 68.7 Å². The number of ether oxygens (including phenoxy) is 1. The van der Waals surface area contributed by atoms with E-state index in [1.54, 1.807) is 12.1 Å². The fourth-order valence-corrected chi connectivity index (χ4v) is 1.99. The van der Waals surface area contributed by atoms with E-state index in [9.17, 15) is 20.0 Å². The van der Waals surface area contributed by atoms with Crippen molar-refractivity contribution in [3.8, 4) is 5.75 Å². The van der Waals surface area contributed by atoms with Crippen molar-refractivity contribution in [2.24, 2.45) is 0 Å². The molecule has 0 unspecified atom stereocenters. The summed E-state index contributed by atoms with van der Waals surface area (Å²) in [5, 5.41) is 28.1. The molecule has 0 aromatic heterocycles. The molecule has 0 heterocycles. The molecule has 0 aliphatic rings. The largest absolute Gasteiger partial charge is 0.507 e. The summed E-state index contributed by atoms with van der Waals surface area (Å²) in [5.74, 6) is -0.930. The standard InChI is InChI=1S/C15H11ClN2O5/c16-11-6-5-9(7-13(11)18(21)22)15(20)23-8-12(17)10-3-1-2-4-14(10)19/h1-7,17,19H,8H2. The number of nitro benzene ring substituents is 1. The van der Waals surface area contributed by atoms with Crippen molar-refractivity contribution in [3.63, 3.8) is 0 Å². The van der Waals surface area contributed by atoms with Gasteiger partial charge in [-0.15, -0.1) is 0 Å². The summed E-state index contributed by atoms with van der Waals surface area (Å²) in [5.41, 5.74) is -0.314. The van der Waals surface area contributed by atoms with Crippen molar-refractivity contribution < 1.29 is 19.6 Å². The Balaban J connectivity index is 2.08. The van der Waals surface area contributed by atoms with Crippen LogP contribution in [0, 0.1) is 15.5 Å². The van der Waals surface area contributed by atoms with Crippen molar-refractivity contribution in [2.75, 3.05) is 6.61 Å². The summed E-state index contributed by atoms with van der Waals surface area (Å²) < 4.78 is 4.93. The number of hydrogen-bond acceptors (Lipinski definition) is 6. The van der Waals surface area contributed by atoms with Crippen molar-refractivity contribution in [1.29, 1.82) is 5.41 Å². The van der Waals surface area contributed by atoms with E-state index >= 15 is 0 Å². The summed E-state index contributed by atoms with van der Waals surface area (Å²) in [6.07, 6.45) is 0. The second-order valence-electron chi connectivity index (χ2n) is 4.50. The minimum atomic E-state index is -0.829. The lowest BCUT2D eigenvalue weighted by Gasteiger charge is -2.08. The molecule has 0 bridgehead atoms. The molecule has 118 valence electrons. The molecule has 0 spiro atoms. The Kier molecular flexibility index (Phi) is 4.92. The van der Waals surface area contributed by atoms with E-state index < -0.39 is 16.6 Å². The van der Waals surface area contributed by atoms with Crippen LogP contribution in [0.15, 0.2) is 42.5 Å². The Labute approximate surface area is 135 Å². The fraction of sp³-hybridized carbons (Fsp3) is 0.0667. The number of para-hydroxylation sites is 1. The molecule has 0 saturated carbocycles. The first kappa shape index (κ1) is 16.4. The molecule has 2 N–H and O–H groups in total. The number of halogens is 1. The second-order valence-corrected chi connectivity index (χ2v) is 4.90. The number of rotatable bonds is 5. The summed E-state index contributed by atoms with van der Waals surface area (Å²) >= 11 is 5.67. The Bertz CT molecular complexity index is 791. The average Bonchev–Trinajstić information content (AvgIpc) is 2.52. The molecule has 2 aromatic rings. The minimum absolute atomic E-state index is 0.0498. The first-order valence-corrected chi connectivity index (χ1v) is 6.75. The minimum Gasteiger partial charge on any atom is -0.507 e. The summed E-state index contributed by atoms with van der Waals surface area (Å²) in [7, 11) is 0. The topological polar surface area (TPSA) is 114 Å². The molecular weight excluding hydrogens is 324 g/mol. The van der Waals surface area contributed by atoms with E-state index in [1.165, 1.54) is 24.3 Å². The van der Waals surface area contributed by atoms with Gasteiger partial charge in [-0.1, -0.05) is 23.7 Å². The lowest BCUT2D eigenvalue weighted by atomic mass is 10.1. The SMILES string of the molecule is N=C(COC(=O)c1ccc(Cl)c([N+](=O)[O-])c1)c1ccccc1O. The Hall–Kier alpha value is -2.93. The highest BCUT2D eigenvalue weighted by atomic mass is 35.5. The molecule has 0 aliphatic heterocycles. The molecule has 23 heavy (non-hydrogen) atoms. The maximum atomic E-state index is 11.9. The van der Waals surface area contributed by atoms with Crippen LogP contribution < -0.4 is 0 Å². The monoisotopic (exact) mass is 334 g/mol. The van der Waals surface area contributed by atoms with Crippen LogP contribution in [-0.4, -0.2) is 28.3 Å². The third kappa shape index (κ3) is 3.83. The second kappa shape index (κ2) is 6.89. The van der Waals surface area contributed by atoms with Crippen LogP contribution in [0.25, 0.3) is 0 Å². The van der Waals surface area contributed by atoms with Gasteiger partial charge in [0.05, 0.1) is 16.2 Å². The van der Waals surface area contributed by atoms with Crippen molar-refractivity contribution in [2.45, 2.75) is 0 Å². The van der Waals surface area contributed by atoms with Crippen LogP contribution in [0.5, 0.6) is 5.75 Å². The number of nitrogens with zero attached hydrogens (tertiary/aromatic N) is 1. The van der Waals surface area contributed by atoms with Gasteiger partial charge in [-0.3, -0.25) is 10.1 Å². The van der Waals surface area contributed by atoms with Crippen LogP contribution in [0.2, 0.25) is 5.02 Å². The zero-order chi connectivity index (χ0) is 17.0. The number of carbonyl (C=O) groups is 1. The molecule has 0 aliphatic carbocycles. The van der Waals surface area contributed by atoms with E-state index in [0.717, 1.165) is 6.07 Å². The lowest BCUT2D eigenvalue weighted by molar-refractivity contribution is -0.384. The summed E-state index contributed by atoms with van der Waals surface area (Å²) in [6.45, 7) is -0.382. The normalized spacial score (nSPS) is 10.1. The highest BCUT2D eigenvalue weighted by Gasteiger charge is 2.18. The zero-order valence-corrected chi connectivity index (χ0v) is 12.4. The predicted octanol–water partition coefficient (Wildman–Crippen LogP) is 3.18. The van der Waals surface area contributed by atoms with Gasteiger partial charge in [-0.2, -0.15) is 0 Å². The molecule has 0 amide bonds. The molecular formula is C15H11ClN2O5. The van der Waals surface area contributed by atoms with Gasteiger partial charge in [0.1, 0.15) is 17.4 Å². The van der Waals surface area contributed by atoms with E-state index in [-0.39, 0.29) is 34.2 Å². The van der Waals surface area contributed by atoms with Crippen LogP contribution in [0.1, 0.15) is 15.9 Å². The van der Waals surface area contributed by atoms with Crippen LogP contribution >= 0.6 is 11.6 Å². The number of phenolic OH excluding ortho intramolecular Hbond substituents is 1. The van der Waals surface area contributed by atoms with Gasteiger partial charge in [0, 0.05) is 11.6 Å². The van der Waals surface area contributed by atoms with Crippen molar-refractivity contribution >= 4 is 29.0 Å². The lowest BCUT2D eigenvalue weighted by Crippen LogP contribution is -2.14. The number of hydrogen-bond donors (Lipinski definition) is 2. The maximum Gasteiger partial charge on any atom is 0.338 e. The number of esters is 1. The van der Waals surface area contributed by atoms with E-state index in [1.807, 2.05) is 0 Å². The zero-order valence-electron chi connectivity index (χ0n) is 11.7. The van der Waals surface area contributed by atoms with Crippen LogP contribution in [0.3, 0.4) is 0 Å². The quantitative estimate of drug-likeness (QED) is 0.377. The average molecular weight is 335 g/mol.